The summed E-state index contributed by atoms with van der Waals surface area (Å²) in [4.78, 5) is 18.6. The highest BCUT2D eigenvalue weighted by Crippen LogP contribution is 2.42. The average Bonchev–Trinajstić information content (AvgIpc) is 3.69. The molecule has 280 valence electrons. The molecule has 2 heterocycles. The van der Waals surface area contributed by atoms with E-state index in [-0.39, 0.29) is 24.3 Å². The number of hydrogen-bond acceptors (Lipinski definition) is 11. The van der Waals surface area contributed by atoms with E-state index in [1.165, 1.54) is 0 Å². The summed E-state index contributed by atoms with van der Waals surface area (Å²) in [6, 6.07) is 22.7. The van der Waals surface area contributed by atoms with Crippen LogP contribution in [-0.2, 0) is 4.84 Å². The van der Waals surface area contributed by atoms with Crippen LogP contribution < -0.4 is 49.3 Å². The standard InChI is InChI=1S/C41H47N3O9/c1-25(12-8-7-11-19-51-33-18-16-27(21-35(33)47-3)40-42-30-14-10-9-13-29(30)41(45)43-40)52-36-20-26(15-17-32(36)46-2)34-24-31(44-53-34)28-22-37(48-4)39(50-6)38(23-28)49-5/h9-10,13-18,20-25,34,40,42,44H,7-8,11-12,19H2,1-6H3,(H,43,45). The molecule has 0 aliphatic carbocycles. The van der Waals surface area contributed by atoms with Crippen molar-refractivity contribution in [1.82, 2.24) is 10.8 Å². The predicted octanol–water partition coefficient (Wildman–Crippen LogP) is 7.61. The van der Waals surface area contributed by atoms with E-state index in [1.807, 2.05) is 72.8 Å². The molecule has 3 N–H and O–H groups in total. The van der Waals surface area contributed by atoms with Gasteiger partial charge in [-0.1, -0.05) is 24.3 Å². The van der Waals surface area contributed by atoms with Gasteiger partial charge in [0.1, 0.15) is 12.3 Å². The van der Waals surface area contributed by atoms with Gasteiger partial charge in [0.05, 0.1) is 59.5 Å². The maximum Gasteiger partial charge on any atom is 0.255 e. The van der Waals surface area contributed by atoms with E-state index in [1.54, 1.807) is 41.6 Å². The zero-order chi connectivity index (χ0) is 37.3. The van der Waals surface area contributed by atoms with Gasteiger partial charge in [-0.25, -0.2) is 0 Å². The molecular formula is C41H47N3O9. The zero-order valence-corrected chi connectivity index (χ0v) is 30.9. The number of amides is 1. The first kappa shape index (κ1) is 37.0. The number of unbranched alkanes of at least 4 members (excludes halogenated alkanes) is 2. The molecule has 2 aliphatic heterocycles. The van der Waals surface area contributed by atoms with Crippen molar-refractivity contribution in [3.05, 3.63) is 101 Å². The van der Waals surface area contributed by atoms with Crippen molar-refractivity contribution in [3.8, 4) is 40.2 Å². The molecule has 4 aromatic carbocycles. The maximum absolute atomic E-state index is 12.6. The average molecular weight is 726 g/mol. The zero-order valence-electron chi connectivity index (χ0n) is 30.9. The van der Waals surface area contributed by atoms with Gasteiger partial charge in [-0.15, -0.1) is 0 Å². The van der Waals surface area contributed by atoms with Crippen molar-refractivity contribution >= 4 is 17.3 Å². The minimum atomic E-state index is -0.370. The normalized spacial score (nSPS) is 16.6. The summed E-state index contributed by atoms with van der Waals surface area (Å²) in [5.41, 5.74) is 7.85. The van der Waals surface area contributed by atoms with Crippen molar-refractivity contribution < 1.29 is 42.8 Å². The van der Waals surface area contributed by atoms with E-state index in [4.69, 9.17) is 38.0 Å². The third kappa shape index (κ3) is 8.49. The summed E-state index contributed by atoms with van der Waals surface area (Å²) in [5.74, 6) is 4.09. The van der Waals surface area contributed by atoms with E-state index in [2.05, 4.69) is 23.0 Å². The van der Waals surface area contributed by atoms with Crippen LogP contribution in [0.3, 0.4) is 0 Å². The number of para-hydroxylation sites is 1. The number of benzene rings is 4. The fourth-order valence-electron chi connectivity index (χ4n) is 6.39. The van der Waals surface area contributed by atoms with Crippen LogP contribution in [0.4, 0.5) is 5.69 Å². The molecule has 1 amide bonds. The van der Waals surface area contributed by atoms with Crippen molar-refractivity contribution in [2.24, 2.45) is 0 Å². The number of hydroxylamine groups is 1. The van der Waals surface area contributed by atoms with Gasteiger partial charge in [-0.05, 0) is 98.3 Å². The number of carbonyl (C=O) groups excluding carboxylic acids is 1. The Hall–Kier alpha value is -5.75. The Labute approximate surface area is 310 Å². The van der Waals surface area contributed by atoms with Crippen LogP contribution in [0.15, 0.2) is 78.9 Å². The van der Waals surface area contributed by atoms with E-state index < -0.39 is 0 Å². The second kappa shape index (κ2) is 17.2. The SMILES string of the molecule is COc1cc(C2NC(=O)c3ccccc3N2)ccc1OCCCCCC(C)Oc1cc(C2C=C(c3cc(OC)c(OC)c(OC)c3)NO2)ccc1OC. The minimum Gasteiger partial charge on any atom is -0.493 e. The van der Waals surface area contributed by atoms with Crippen molar-refractivity contribution in [2.45, 2.75) is 51.0 Å². The van der Waals surface area contributed by atoms with Gasteiger partial charge in [0.2, 0.25) is 5.75 Å². The minimum absolute atomic E-state index is 0.0403. The molecule has 0 saturated heterocycles. The Morgan fingerprint density at radius 3 is 2.13 bits per heavy atom. The fourth-order valence-corrected chi connectivity index (χ4v) is 6.39. The molecule has 0 spiro atoms. The summed E-state index contributed by atoms with van der Waals surface area (Å²) in [6.07, 6.45) is 4.90. The Morgan fingerprint density at radius 1 is 0.698 bits per heavy atom. The number of rotatable bonds is 17. The van der Waals surface area contributed by atoms with E-state index in [9.17, 15) is 4.79 Å². The third-order valence-electron chi connectivity index (χ3n) is 9.21. The summed E-state index contributed by atoms with van der Waals surface area (Å²) in [5, 5.41) is 6.38. The summed E-state index contributed by atoms with van der Waals surface area (Å²) >= 11 is 0. The largest absolute Gasteiger partial charge is 0.493 e. The molecule has 12 heteroatoms. The van der Waals surface area contributed by atoms with Crippen LogP contribution in [0.2, 0.25) is 0 Å². The lowest BCUT2D eigenvalue weighted by Crippen LogP contribution is -2.38. The molecule has 0 aromatic heterocycles. The van der Waals surface area contributed by atoms with Gasteiger partial charge >= 0.3 is 0 Å². The van der Waals surface area contributed by atoms with Crippen molar-refractivity contribution in [3.63, 3.8) is 0 Å². The van der Waals surface area contributed by atoms with Crippen LogP contribution in [0.5, 0.6) is 40.2 Å². The number of fused-ring (bicyclic) bond motifs is 1. The highest BCUT2D eigenvalue weighted by atomic mass is 16.7. The Bertz CT molecular complexity index is 1910. The number of nitrogens with one attached hydrogen (secondary N) is 3. The quantitative estimate of drug-likeness (QED) is 0.0932. The van der Waals surface area contributed by atoms with Crippen LogP contribution in [0, 0.1) is 0 Å². The molecule has 4 aromatic rings. The number of ether oxygens (including phenoxy) is 7. The van der Waals surface area contributed by atoms with Crippen LogP contribution in [0.1, 0.15) is 71.9 Å². The van der Waals surface area contributed by atoms with E-state index in [0.29, 0.717) is 52.4 Å². The van der Waals surface area contributed by atoms with Crippen LogP contribution >= 0.6 is 0 Å². The monoisotopic (exact) mass is 725 g/mol. The molecule has 3 unspecified atom stereocenters. The number of anilines is 1. The highest BCUT2D eigenvalue weighted by molar-refractivity contribution is 6.01. The third-order valence-corrected chi connectivity index (χ3v) is 9.21. The summed E-state index contributed by atoms with van der Waals surface area (Å²) in [7, 11) is 8.00. The number of methoxy groups -OCH3 is 5. The smallest absolute Gasteiger partial charge is 0.255 e. The van der Waals surface area contributed by atoms with Gasteiger partial charge in [-0.3, -0.25) is 15.1 Å². The first-order valence-corrected chi connectivity index (χ1v) is 17.6. The molecule has 6 rings (SSSR count). The van der Waals surface area contributed by atoms with Crippen molar-refractivity contribution in [1.29, 1.82) is 0 Å². The van der Waals surface area contributed by atoms with Crippen LogP contribution in [-0.4, -0.2) is 54.2 Å². The van der Waals surface area contributed by atoms with Crippen LogP contribution in [0.25, 0.3) is 5.70 Å². The van der Waals surface area contributed by atoms with Gasteiger partial charge in [0, 0.05) is 11.3 Å². The topological polar surface area (TPSA) is 127 Å². The molecule has 3 atom stereocenters. The van der Waals surface area contributed by atoms with E-state index >= 15 is 0 Å². The first-order chi connectivity index (χ1) is 25.8. The van der Waals surface area contributed by atoms with Crippen molar-refractivity contribution in [2.75, 3.05) is 47.5 Å². The second-order valence-electron chi connectivity index (χ2n) is 12.7. The Balaban J connectivity index is 0.987. The molecule has 0 fully saturated rings. The van der Waals surface area contributed by atoms with Gasteiger partial charge in [0.15, 0.2) is 34.5 Å². The highest BCUT2D eigenvalue weighted by Gasteiger charge is 2.26. The Kier molecular flexibility index (Phi) is 12.0. The lowest BCUT2D eigenvalue weighted by molar-refractivity contribution is 0.0508. The lowest BCUT2D eigenvalue weighted by atomic mass is 10.0. The predicted molar refractivity (Wildman–Crippen MR) is 201 cm³/mol. The summed E-state index contributed by atoms with van der Waals surface area (Å²) < 4.78 is 40.2. The first-order valence-electron chi connectivity index (χ1n) is 17.6. The van der Waals surface area contributed by atoms with Gasteiger partial charge in [0.25, 0.3) is 5.91 Å². The molecule has 53 heavy (non-hydrogen) atoms. The second-order valence-corrected chi connectivity index (χ2v) is 12.7. The number of carbonyl (C=O) groups is 1. The molecule has 0 radical (unpaired) electrons. The molecule has 0 saturated carbocycles. The molecule has 12 nitrogen and oxygen atoms in total. The lowest BCUT2D eigenvalue weighted by Gasteiger charge is -2.28. The summed E-state index contributed by atoms with van der Waals surface area (Å²) in [6.45, 7) is 2.61. The fraction of sp³-hybridized carbons (Fsp3) is 0.341. The van der Waals surface area contributed by atoms with Gasteiger partial charge < -0.3 is 43.8 Å². The number of hydrogen-bond donors (Lipinski definition) is 3. The molecule has 2 aliphatic rings. The molecular weight excluding hydrogens is 678 g/mol. The Morgan fingerprint density at radius 2 is 1.40 bits per heavy atom. The maximum atomic E-state index is 12.6. The molecule has 0 bridgehead atoms. The van der Waals surface area contributed by atoms with E-state index in [0.717, 1.165) is 53.8 Å². The van der Waals surface area contributed by atoms with Gasteiger partial charge in [-0.2, -0.15) is 0 Å².